The van der Waals surface area contributed by atoms with Gasteiger partial charge in [0.25, 0.3) is 11.8 Å². The molecule has 150 valence electrons. The molecule has 0 atom stereocenters. The van der Waals surface area contributed by atoms with E-state index in [9.17, 15) is 9.59 Å². The molecule has 0 radical (unpaired) electrons. The summed E-state index contributed by atoms with van der Waals surface area (Å²) < 4.78 is 6.50. The van der Waals surface area contributed by atoms with Gasteiger partial charge in [0.15, 0.2) is 6.61 Å². The molecule has 0 bridgehead atoms. The normalized spacial score (nSPS) is 10.6. The Morgan fingerprint density at radius 2 is 1.86 bits per heavy atom. The molecule has 3 rings (SSSR count). The van der Waals surface area contributed by atoms with Gasteiger partial charge < -0.3 is 15.4 Å². The maximum absolute atomic E-state index is 12.3. The van der Waals surface area contributed by atoms with Gasteiger partial charge in [0, 0.05) is 17.8 Å². The number of hydrogen-bond acceptors (Lipinski definition) is 3. The first-order valence-corrected chi connectivity index (χ1v) is 10.4. The highest BCUT2D eigenvalue weighted by molar-refractivity contribution is 9.10. The van der Waals surface area contributed by atoms with E-state index in [0.29, 0.717) is 23.5 Å². The van der Waals surface area contributed by atoms with Crippen LogP contribution in [0.25, 0.3) is 10.8 Å². The minimum atomic E-state index is -0.298. The number of hydrogen-bond donors (Lipinski definition) is 2. The third kappa shape index (κ3) is 5.57. The maximum Gasteiger partial charge on any atom is 0.262 e. The number of amides is 2. The number of fused-ring (bicyclic) bond motifs is 1. The van der Waals surface area contributed by atoms with Crippen molar-refractivity contribution in [1.29, 1.82) is 0 Å². The van der Waals surface area contributed by atoms with Gasteiger partial charge in [-0.3, -0.25) is 9.59 Å². The highest BCUT2D eigenvalue weighted by Crippen LogP contribution is 2.33. The number of unbranched alkanes of at least 4 members (excludes halogenated alkanes) is 1. The largest absolute Gasteiger partial charge is 0.483 e. The molecule has 3 aromatic rings. The van der Waals surface area contributed by atoms with Crippen LogP contribution in [0.4, 0.5) is 5.69 Å². The maximum atomic E-state index is 12.3. The number of carbonyl (C=O) groups is 2. The number of halogens is 1. The Kier molecular flexibility index (Phi) is 7.25. The first-order valence-electron chi connectivity index (χ1n) is 9.56. The number of anilines is 1. The summed E-state index contributed by atoms with van der Waals surface area (Å²) in [7, 11) is 0. The van der Waals surface area contributed by atoms with Gasteiger partial charge in [0.2, 0.25) is 0 Å². The van der Waals surface area contributed by atoms with Crippen molar-refractivity contribution in [2.75, 3.05) is 18.5 Å². The van der Waals surface area contributed by atoms with E-state index >= 15 is 0 Å². The molecule has 5 nitrogen and oxygen atoms in total. The van der Waals surface area contributed by atoms with Crippen LogP contribution < -0.4 is 15.4 Å². The smallest absolute Gasteiger partial charge is 0.262 e. The summed E-state index contributed by atoms with van der Waals surface area (Å²) in [6.45, 7) is 2.57. The number of rotatable bonds is 8. The van der Waals surface area contributed by atoms with Gasteiger partial charge in [-0.25, -0.2) is 0 Å². The number of nitrogens with one attached hydrogen (secondary N) is 2. The zero-order valence-electron chi connectivity index (χ0n) is 16.2. The Labute approximate surface area is 178 Å². The predicted octanol–water partition coefficient (Wildman–Crippen LogP) is 5.15. The average molecular weight is 455 g/mol. The van der Waals surface area contributed by atoms with Crippen molar-refractivity contribution in [2.24, 2.45) is 0 Å². The van der Waals surface area contributed by atoms with Crippen LogP contribution in [-0.4, -0.2) is 25.0 Å². The lowest BCUT2D eigenvalue weighted by molar-refractivity contribution is -0.118. The molecule has 3 aromatic carbocycles. The Bertz CT molecular complexity index is 1020. The van der Waals surface area contributed by atoms with E-state index in [2.05, 4.69) is 33.5 Å². The molecule has 0 heterocycles. The van der Waals surface area contributed by atoms with Crippen molar-refractivity contribution in [3.8, 4) is 5.75 Å². The summed E-state index contributed by atoms with van der Waals surface area (Å²) in [6.07, 6.45) is 1.95. The fourth-order valence-corrected chi connectivity index (χ4v) is 3.49. The van der Waals surface area contributed by atoms with Gasteiger partial charge in [-0.15, -0.1) is 0 Å². The molecule has 2 N–H and O–H groups in total. The third-order valence-corrected chi connectivity index (χ3v) is 5.23. The fraction of sp³-hybridized carbons (Fsp3) is 0.217. The highest BCUT2D eigenvalue weighted by atomic mass is 79.9. The summed E-state index contributed by atoms with van der Waals surface area (Å²) in [5, 5.41) is 7.75. The molecule has 29 heavy (non-hydrogen) atoms. The lowest BCUT2D eigenvalue weighted by Gasteiger charge is -2.11. The summed E-state index contributed by atoms with van der Waals surface area (Å²) in [5.74, 6) is 0.155. The van der Waals surface area contributed by atoms with Crippen LogP contribution in [0.1, 0.15) is 30.1 Å². The number of carbonyl (C=O) groups excluding carboxylic acids is 2. The van der Waals surface area contributed by atoms with Crippen LogP contribution in [-0.2, 0) is 4.79 Å². The predicted molar refractivity (Wildman–Crippen MR) is 119 cm³/mol. The van der Waals surface area contributed by atoms with Crippen LogP contribution in [0.3, 0.4) is 0 Å². The highest BCUT2D eigenvalue weighted by Gasteiger charge is 2.10. The Morgan fingerprint density at radius 3 is 2.69 bits per heavy atom. The van der Waals surface area contributed by atoms with Crippen molar-refractivity contribution >= 4 is 44.2 Å². The SMILES string of the molecule is CCCCNC(=O)c1cccc(NC(=O)COc2ccc3ccccc3c2Br)c1. The standard InChI is InChI=1S/C23H23BrN2O3/c1-2-3-13-25-23(28)17-8-6-9-18(14-17)26-21(27)15-29-20-12-11-16-7-4-5-10-19(16)22(20)24/h4-12,14H,2-3,13,15H2,1H3,(H,25,28)(H,26,27). The quantitative estimate of drug-likeness (QED) is 0.462. The van der Waals surface area contributed by atoms with Crippen molar-refractivity contribution in [2.45, 2.75) is 19.8 Å². The van der Waals surface area contributed by atoms with E-state index in [1.807, 2.05) is 36.4 Å². The molecule has 6 heteroatoms. The third-order valence-electron chi connectivity index (χ3n) is 4.41. The molecular formula is C23H23BrN2O3. The fourth-order valence-electron chi connectivity index (χ4n) is 2.88. The van der Waals surface area contributed by atoms with Gasteiger partial charge in [-0.1, -0.05) is 49.7 Å². The van der Waals surface area contributed by atoms with Crippen molar-refractivity contribution in [3.05, 3.63) is 70.7 Å². The van der Waals surface area contributed by atoms with E-state index in [0.717, 1.165) is 28.1 Å². The lowest BCUT2D eigenvalue weighted by atomic mass is 10.1. The molecule has 0 spiro atoms. The van der Waals surface area contributed by atoms with Crippen LogP contribution in [0.15, 0.2) is 65.1 Å². The van der Waals surface area contributed by atoms with Crippen molar-refractivity contribution in [3.63, 3.8) is 0 Å². The van der Waals surface area contributed by atoms with Gasteiger partial charge in [0.05, 0.1) is 4.47 Å². The van der Waals surface area contributed by atoms with Gasteiger partial charge >= 0.3 is 0 Å². The summed E-state index contributed by atoms with van der Waals surface area (Å²) in [5.41, 5.74) is 1.07. The van der Waals surface area contributed by atoms with Gasteiger partial charge in [0.1, 0.15) is 5.75 Å². The molecule has 0 aliphatic rings. The van der Waals surface area contributed by atoms with E-state index in [1.165, 1.54) is 0 Å². The number of ether oxygens (including phenoxy) is 1. The second-order valence-corrected chi connectivity index (χ2v) is 7.42. The van der Waals surface area contributed by atoms with Crippen molar-refractivity contribution in [1.82, 2.24) is 5.32 Å². The lowest BCUT2D eigenvalue weighted by Crippen LogP contribution is -2.25. The average Bonchev–Trinajstić information content (AvgIpc) is 2.74. The molecular weight excluding hydrogens is 432 g/mol. The molecule has 0 saturated heterocycles. The van der Waals surface area contributed by atoms with E-state index in [1.54, 1.807) is 24.3 Å². The van der Waals surface area contributed by atoms with Crippen LogP contribution >= 0.6 is 15.9 Å². The summed E-state index contributed by atoms with van der Waals surface area (Å²) >= 11 is 3.55. The Morgan fingerprint density at radius 1 is 1.03 bits per heavy atom. The van der Waals surface area contributed by atoms with Gasteiger partial charge in [-0.2, -0.15) is 0 Å². The minimum Gasteiger partial charge on any atom is -0.483 e. The molecule has 0 unspecified atom stereocenters. The van der Waals surface area contributed by atoms with Crippen LogP contribution in [0.2, 0.25) is 0 Å². The molecule has 0 aromatic heterocycles. The zero-order chi connectivity index (χ0) is 20.6. The van der Waals surface area contributed by atoms with Crippen LogP contribution in [0, 0.1) is 0 Å². The van der Waals surface area contributed by atoms with E-state index in [4.69, 9.17) is 4.74 Å². The Hall–Kier alpha value is -2.86. The minimum absolute atomic E-state index is 0.135. The first kappa shape index (κ1) is 20.9. The first-order chi connectivity index (χ1) is 14.1. The van der Waals surface area contributed by atoms with Crippen molar-refractivity contribution < 1.29 is 14.3 Å². The second-order valence-electron chi connectivity index (χ2n) is 6.63. The topological polar surface area (TPSA) is 67.4 Å². The molecule has 0 fully saturated rings. The molecule has 0 saturated carbocycles. The van der Waals surface area contributed by atoms with Crippen LogP contribution in [0.5, 0.6) is 5.75 Å². The van der Waals surface area contributed by atoms with E-state index in [-0.39, 0.29) is 18.4 Å². The van der Waals surface area contributed by atoms with E-state index < -0.39 is 0 Å². The molecule has 0 aliphatic carbocycles. The Balaban J connectivity index is 1.59. The monoisotopic (exact) mass is 454 g/mol. The van der Waals surface area contributed by atoms with Gasteiger partial charge in [-0.05, 0) is 57.4 Å². The molecule has 2 amide bonds. The summed E-state index contributed by atoms with van der Waals surface area (Å²) in [4.78, 5) is 24.5. The second kappa shape index (κ2) is 10.1. The zero-order valence-corrected chi connectivity index (χ0v) is 17.8. The summed E-state index contributed by atoms with van der Waals surface area (Å²) in [6, 6.07) is 18.6. The molecule has 0 aliphatic heterocycles. The number of benzene rings is 3.